The van der Waals surface area contributed by atoms with E-state index in [1.54, 1.807) is 0 Å². The first-order valence-electron chi connectivity index (χ1n) is 7.39. The number of quaternary nitrogens is 1. The molecule has 0 aromatic rings. The molecule has 1 heterocycles. The van der Waals surface area contributed by atoms with E-state index in [2.05, 4.69) is 32.0 Å². The van der Waals surface area contributed by atoms with E-state index in [4.69, 9.17) is 11.2 Å². The number of halogens is 1. The lowest BCUT2D eigenvalue weighted by molar-refractivity contribution is -0.988. The molecule has 1 fully saturated rings. The molecule has 1 saturated heterocycles. The van der Waals surface area contributed by atoms with E-state index in [-0.39, 0.29) is 30.1 Å². The number of likely N-dealkylation sites (tertiary alicyclic amines) is 1. The highest BCUT2D eigenvalue weighted by atomic mass is 35.5. The molecule has 0 aromatic carbocycles. The van der Waals surface area contributed by atoms with Gasteiger partial charge in [-0.15, -0.1) is 6.42 Å². The van der Waals surface area contributed by atoms with Gasteiger partial charge in [-0.3, -0.25) is 0 Å². The van der Waals surface area contributed by atoms with Crippen molar-refractivity contribution in [2.75, 3.05) is 19.6 Å². The fourth-order valence-electron chi connectivity index (χ4n) is 2.58. The molecule has 5 heteroatoms. The average Bonchev–Trinajstić information content (AvgIpc) is 2.38. The number of amides is 1. The number of carbonyl (C=O) groups excluding carboxylic acids is 1. The van der Waals surface area contributed by atoms with Gasteiger partial charge in [0.2, 0.25) is 6.10 Å². The number of terminal acetylenes is 1. The third kappa shape index (κ3) is 4.57. The molecule has 0 unspecified atom stereocenters. The van der Waals surface area contributed by atoms with Crippen molar-refractivity contribution in [1.29, 1.82) is 0 Å². The maximum atomic E-state index is 11.5. The molecule has 0 aromatic heterocycles. The predicted molar refractivity (Wildman–Crippen MR) is 76.0 cm³/mol. The lowest BCUT2D eigenvalue weighted by Crippen LogP contribution is -3.28. The Morgan fingerprint density at radius 1 is 1.40 bits per heavy atom. The van der Waals surface area contributed by atoms with Crippen LogP contribution < -0.4 is 22.6 Å². The second-order valence-corrected chi connectivity index (χ2v) is 5.25. The van der Waals surface area contributed by atoms with Crippen LogP contribution in [0.1, 0.15) is 46.5 Å². The lowest BCUT2D eigenvalue weighted by atomic mass is 9.88. The number of alkyl carbamates (subject to hydrolysis) is 1. The van der Waals surface area contributed by atoms with Crippen LogP contribution in [-0.4, -0.2) is 37.4 Å². The normalized spacial score (nSPS) is 21.1. The summed E-state index contributed by atoms with van der Waals surface area (Å²) in [5.74, 6) is 2.94. The number of hydrogen-bond acceptors (Lipinski definition) is 2. The fraction of sp³-hybridized carbons (Fsp3) is 0.800. The Hall–Kier alpha value is -0.920. The number of carbonyl (C=O) groups is 1. The van der Waals surface area contributed by atoms with Crippen LogP contribution in [0.2, 0.25) is 0 Å². The summed E-state index contributed by atoms with van der Waals surface area (Å²) in [7, 11) is 0. The third-order valence-corrected chi connectivity index (χ3v) is 4.18. The van der Waals surface area contributed by atoms with E-state index < -0.39 is 0 Å². The van der Waals surface area contributed by atoms with Gasteiger partial charge < -0.3 is 27.4 Å². The number of ether oxygens (including phenoxy) is 1. The second kappa shape index (κ2) is 9.10. The zero-order valence-corrected chi connectivity index (χ0v) is 13.6. The van der Waals surface area contributed by atoms with Gasteiger partial charge in [0.1, 0.15) is 13.1 Å². The van der Waals surface area contributed by atoms with Gasteiger partial charge in [-0.05, 0) is 12.3 Å². The molecule has 0 radical (unpaired) electrons. The Morgan fingerprint density at radius 2 is 2.00 bits per heavy atom. The maximum absolute atomic E-state index is 11.5. The monoisotopic (exact) mass is 302 g/mol. The number of rotatable bonds is 7. The zero-order valence-electron chi connectivity index (χ0n) is 12.8. The Kier molecular flexibility index (Phi) is 8.68. The van der Waals surface area contributed by atoms with Gasteiger partial charge in [0.15, 0.2) is 5.54 Å². The molecule has 0 saturated carbocycles. The van der Waals surface area contributed by atoms with Crippen LogP contribution in [0.4, 0.5) is 4.79 Å². The van der Waals surface area contributed by atoms with Gasteiger partial charge in [0.25, 0.3) is 0 Å². The topological polar surface area (TPSA) is 42.8 Å². The summed E-state index contributed by atoms with van der Waals surface area (Å²) >= 11 is 0. The second-order valence-electron chi connectivity index (χ2n) is 5.25. The van der Waals surface area contributed by atoms with Gasteiger partial charge in [-0.2, -0.15) is 0 Å². The van der Waals surface area contributed by atoms with Gasteiger partial charge in [-0.25, -0.2) is 4.79 Å². The van der Waals surface area contributed by atoms with E-state index in [1.165, 1.54) is 4.90 Å². The SMILES string of the molecule is C#CC(CC)(CC)[NH+]1CC(OC(=O)NCCCC)C1.[Cl-]. The van der Waals surface area contributed by atoms with Crippen molar-refractivity contribution >= 4 is 6.09 Å². The van der Waals surface area contributed by atoms with E-state index in [9.17, 15) is 4.79 Å². The molecule has 0 spiro atoms. The standard InChI is InChI=1S/C15H26N2O2.ClH/c1-5-9-10-16-14(18)19-13-11-17(12-13)15(6-2,7-3)8-4;/h2,13H,5,7-12H2,1,3-4H3,(H,16,18);1H. The molecule has 1 amide bonds. The number of hydrogen-bond donors (Lipinski definition) is 2. The largest absolute Gasteiger partial charge is 1.00 e. The molecule has 2 N–H and O–H groups in total. The van der Waals surface area contributed by atoms with Crippen molar-refractivity contribution in [3.8, 4) is 12.3 Å². The Labute approximate surface area is 129 Å². The van der Waals surface area contributed by atoms with Crippen molar-refractivity contribution < 1.29 is 26.8 Å². The van der Waals surface area contributed by atoms with Crippen LogP contribution in [-0.2, 0) is 4.74 Å². The highest BCUT2D eigenvalue weighted by Gasteiger charge is 2.46. The van der Waals surface area contributed by atoms with Crippen LogP contribution in [0.3, 0.4) is 0 Å². The maximum Gasteiger partial charge on any atom is 0.407 e. The van der Waals surface area contributed by atoms with Crippen LogP contribution in [0.25, 0.3) is 0 Å². The minimum atomic E-state index is -0.295. The summed E-state index contributed by atoms with van der Waals surface area (Å²) in [6.07, 6.45) is 9.38. The molecule has 0 aliphatic carbocycles. The van der Waals surface area contributed by atoms with Crippen LogP contribution in [0.5, 0.6) is 0 Å². The van der Waals surface area contributed by atoms with E-state index in [1.807, 2.05) is 0 Å². The molecule has 0 atom stereocenters. The Balaban J connectivity index is 0.00000361. The zero-order chi connectivity index (χ0) is 14.3. The van der Waals surface area contributed by atoms with Gasteiger partial charge in [0, 0.05) is 19.4 Å². The van der Waals surface area contributed by atoms with Gasteiger partial charge >= 0.3 is 6.09 Å². The quantitative estimate of drug-likeness (QED) is 0.421. The number of nitrogens with one attached hydrogen (secondary N) is 2. The van der Waals surface area contributed by atoms with Crippen molar-refractivity contribution in [1.82, 2.24) is 5.32 Å². The summed E-state index contributed by atoms with van der Waals surface area (Å²) in [6, 6.07) is 0. The van der Waals surface area contributed by atoms with E-state index in [0.29, 0.717) is 6.54 Å². The highest BCUT2D eigenvalue weighted by Crippen LogP contribution is 2.12. The van der Waals surface area contributed by atoms with Crippen LogP contribution in [0, 0.1) is 12.3 Å². The Bertz CT molecular complexity index is 331. The fourth-order valence-corrected chi connectivity index (χ4v) is 2.58. The van der Waals surface area contributed by atoms with Gasteiger partial charge in [-0.1, -0.05) is 27.2 Å². The van der Waals surface area contributed by atoms with Crippen molar-refractivity contribution in [2.45, 2.75) is 58.1 Å². The van der Waals surface area contributed by atoms with Crippen molar-refractivity contribution in [2.24, 2.45) is 0 Å². The summed E-state index contributed by atoms with van der Waals surface area (Å²) in [5, 5.41) is 2.77. The summed E-state index contributed by atoms with van der Waals surface area (Å²) < 4.78 is 5.35. The minimum absolute atomic E-state index is 0. The van der Waals surface area contributed by atoms with Crippen LogP contribution in [0.15, 0.2) is 0 Å². The molecular weight excluding hydrogens is 276 g/mol. The first kappa shape index (κ1) is 19.1. The summed E-state index contributed by atoms with van der Waals surface area (Å²) in [6.45, 7) is 8.69. The molecule has 1 aliphatic rings. The number of unbranched alkanes of at least 4 members (excludes halogenated alkanes) is 1. The summed E-state index contributed by atoms with van der Waals surface area (Å²) in [5.41, 5.74) is -0.0848. The molecule has 0 bridgehead atoms. The smallest absolute Gasteiger partial charge is 0.407 e. The lowest BCUT2D eigenvalue weighted by Gasteiger charge is -2.44. The summed E-state index contributed by atoms with van der Waals surface area (Å²) in [4.78, 5) is 12.9. The van der Waals surface area contributed by atoms with Crippen molar-refractivity contribution in [3.63, 3.8) is 0 Å². The average molecular weight is 303 g/mol. The molecule has 1 rings (SSSR count). The van der Waals surface area contributed by atoms with E-state index in [0.717, 1.165) is 38.8 Å². The molecule has 20 heavy (non-hydrogen) atoms. The molecule has 4 nitrogen and oxygen atoms in total. The Morgan fingerprint density at radius 3 is 2.45 bits per heavy atom. The third-order valence-electron chi connectivity index (χ3n) is 4.18. The minimum Gasteiger partial charge on any atom is -1.00 e. The molecule has 116 valence electrons. The van der Waals surface area contributed by atoms with Crippen molar-refractivity contribution in [3.05, 3.63) is 0 Å². The van der Waals surface area contributed by atoms with Gasteiger partial charge in [0.05, 0.1) is 0 Å². The van der Waals surface area contributed by atoms with E-state index >= 15 is 0 Å². The van der Waals surface area contributed by atoms with Crippen LogP contribution >= 0.6 is 0 Å². The molecule has 1 aliphatic heterocycles. The first-order chi connectivity index (χ1) is 9.11. The molecular formula is C15H27ClN2O2. The predicted octanol–water partition coefficient (Wildman–Crippen LogP) is -2.02. The highest BCUT2D eigenvalue weighted by molar-refractivity contribution is 5.67. The first-order valence-corrected chi connectivity index (χ1v) is 7.39.